The topological polar surface area (TPSA) is 23.5 Å². The lowest BCUT2D eigenvalue weighted by Gasteiger charge is -2.41. The Balaban J connectivity index is 2.35. The highest BCUT2D eigenvalue weighted by Gasteiger charge is 2.32. The van der Waals surface area contributed by atoms with Crippen LogP contribution in [0.3, 0.4) is 0 Å². The molecule has 1 aliphatic rings. The molecule has 2 heteroatoms. The van der Waals surface area contributed by atoms with Crippen molar-refractivity contribution in [1.82, 2.24) is 4.90 Å². The van der Waals surface area contributed by atoms with Gasteiger partial charge in [0.1, 0.15) is 0 Å². The number of rotatable bonds is 5. The van der Waals surface area contributed by atoms with E-state index in [1.165, 1.54) is 38.9 Å². The van der Waals surface area contributed by atoms with Gasteiger partial charge >= 0.3 is 0 Å². The fourth-order valence-corrected chi connectivity index (χ4v) is 2.40. The third-order valence-corrected chi connectivity index (χ3v) is 4.27. The largest absolute Gasteiger partial charge is 0.396 e. The highest BCUT2D eigenvalue weighted by Crippen LogP contribution is 2.34. The van der Waals surface area contributed by atoms with Crippen molar-refractivity contribution in [1.29, 1.82) is 0 Å². The first-order valence-electron chi connectivity index (χ1n) is 6.49. The number of likely N-dealkylation sites (tertiary alicyclic amines) is 1. The van der Waals surface area contributed by atoms with Gasteiger partial charge in [-0.15, -0.1) is 0 Å². The van der Waals surface area contributed by atoms with Gasteiger partial charge in [-0.3, -0.25) is 0 Å². The van der Waals surface area contributed by atoms with Crippen LogP contribution in [0.25, 0.3) is 0 Å². The molecule has 90 valence electrons. The van der Waals surface area contributed by atoms with Crippen molar-refractivity contribution < 1.29 is 5.11 Å². The third-order valence-electron chi connectivity index (χ3n) is 4.27. The van der Waals surface area contributed by atoms with Gasteiger partial charge in [0.2, 0.25) is 0 Å². The standard InChI is InChI=1S/C13H27NO/c1-4-12(3)10-14-8-6-13(5-2,11-15)7-9-14/h12,15H,4-11H2,1-3H3. The zero-order valence-corrected chi connectivity index (χ0v) is 10.6. The maximum Gasteiger partial charge on any atom is 0.0488 e. The second kappa shape index (κ2) is 5.86. The van der Waals surface area contributed by atoms with Crippen LogP contribution in [0.1, 0.15) is 46.5 Å². The Labute approximate surface area is 94.7 Å². The molecular formula is C13H27NO. The predicted molar refractivity (Wildman–Crippen MR) is 64.9 cm³/mol. The molecule has 1 N–H and O–H groups in total. The molecule has 1 atom stereocenters. The Bertz CT molecular complexity index is 167. The number of aliphatic hydroxyl groups excluding tert-OH is 1. The molecule has 0 aromatic carbocycles. The lowest BCUT2D eigenvalue weighted by molar-refractivity contribution is 0.0362. The van der Waals surface area contributed by atoms with Crippen molar-refractivity contribution >= 4 is 0 Å². The molecule has 0 radical (unpaired) electrons. The van der Waals surface area contributed by atoms with Gasteiger partial charge in [-0.25, -0.2) is 0 Å². The van der Waals surface area contributed by atoms with E-state index in [1.54, 1.807) is 0 Å². The summed E-state index contributed by atoms with van der Waals surface area (Å²) in [5.74, 6) is 0.813. The van der Waals surface area contributed by atoms with Crippen molar-refractivity contribution in [2.75, 3.05) is 26.2 Å². The van der Waals surface area contributed by atoms with Crippen molar-refractivity contribution in [3.63, 3.8) is 0 Å². The molecular weight excluding hydrogens is 186 g/mol. The molecule has 1 aliphatic heterocycles. The Morgan fingerprint density at radius 1 is 1.27 bits per heavy atom. The number of hydrogen-bond acceptors (Lipinski definition) is 2. The molecule has 1 fully saturated rings. The zero-order chi connectivity index (χ0) is 11.3. The van der Waals surface area contributed by atoms with E-state index >= 15 is 0 Å². The van der Waals surface area contributed by atoms with E-state index in [2.05, 4.69) is 25.7 Å². The van der Waals surface area contributed by atoms with Gasteiger partial charge in [-0.2, -0.15) is 0 Å². The minimum Gasteiger partial charge on any atom is -0.396 e. The van der Waals surface area contributed by atoms with Gasteiger partial charge in [0.15, 0.2) is 0 Å². The molecule has 1 rings (SSSR count). The summed E-state index contributed by atoms with van der Waals surface area (Å²) in [5, 5.41) is 9.44. The molecule has 1 saturated heterocycles. The molecule has 0 spiro atoms. The Morgan fingerprint density at radius 3 is 2.27 bits per heavy atom. The maximum absolute atomic E-state index is 9.44. The fourth-order valence-electron chi connectivity index (χ4n) is 2.40. The minimum atomic E-state index is 0.242. The molecule has 15 heavy (non-hydrogen) atoms. The lowest BCUT2D eigenvalue weighted by Crippen LogP contribution is -2.43. The second-order valence-corrected chi connectivity index (χ2v) is 5.33. The normalized spacial score (nSPS) is 24.0. The van der Waals surface area contributed by atoms with Gasteiger partial charge in [0, 0.05) is 13.2 Å². The zero-order valence-electron chi connectivity index (χ0n) is 10.6. The van der Waals surface area contributed by atoms with Gasteiger partial charge in [-0.05, 0) is 43.7 Å². The van der Waals surface area contributed by atoms with E-state index in [4.69, 9.17) is 0 Å². The average molecular weight is 213 g/mol. The summed E-state index contributed by atoms with van der Waals surface area (Å²) in [4.78, 5) is 2.57. The molecule has 1 heterocycles. The van der Waals surface area contributed by atoms with Crippen molar-refractivity contribution in [2.45, 2.75) is 46.5 Å². The Hall–Kier alpha value is -0.0800. The maximum atomic E-state index is 9.44. The molecule has 0 saturated carbocycles. The summed E-state index contributed by atoms with van der Waals surface area (Å²) in [6.45, 7) is 10.8. The fraction of sp³-hybridized carbons (Fsp3) is 1.00. The second-order valence-electron chi connectivity index (χ2n) is 5.33. The Morgan fingerprint density at radius 2 is 1.87 bits per heavy atom. The number of nitrogens with zero attached hydrogens (tertiary/aromatic N) is 1. The summed E-state index contributed by atoms with van der Waals surface area (Å²) in [6, 6.07) is 0. The van der Waals surface area contributed by atoms with Crippen molar-refractivity contribution in [3.8, 4) is 0 Å². The van der Waals surface area contributed by atoms with Crippen LogP contribution in [-0.2, 0) is 0 Å². The first kappa shape index (κ1) is 13.0. The van der Waals surface area contributed by atoms with Gasteiger partial charge < -0.3 is 10.0 Å². The van der Waals surface area contributed by atoms with Crippen LogP contribution in [0.5, 0.6) is 0 Å². The molecule has 0 aromatic rings. The molecule has 0 bridgehead atoms. The first-order valence-corrected chi connectivity index (χ1v) is 6.49. The number of hydrogen-bond donors (Lipinski definition) is 1. The minimum absolute atomic E-state index is 0.242. The summed E-state index contributed by atoms with van der Waals surface area (Å²) >= 11 is 0. The molecule has 0 aliphatic carbocycles. The molecule has 2 nitrogen and oxygen atoms in total. The quantitative estimate of drug-likeness (QED) is 0.758. The van der Waals surface area contributed by atoms with E-state index in [0.717, 1.165) is 12.3 Å². The van der Waals surface area contributed by atoms with Crippen LogP contribution < -0.4 is 0 Å². The molecule has 0 aromatic heterocycles. The van der Waals surface area contributed by atoms with E-state index in [1.807, 2.05) is 0 Å². The SMILES string of the molecule is CCC(C)CN1CCC(CC)(CO)CC1. The summed E-state index contributed by atoms with van der Waals surface area (Å²) in [6.07, 6.45) is 4.75. The van der Waals surface area contributed by atoms with Gasteiger partial charge in [0.05, 0.1) is 0 Å². The Kier molecular flexibility index (Phi) is 5.07. The van der Waals surface area contributed by atoms with E-state index in [0.29, 0.717) is 6.61 Å². The lowest BCUT2D eigenvalue weighted by atomic mass is 9.77. The monoisotopic (exact) mass is 213 g/mol. The van der Waals surface area contributed by atoms with Crippen molar-refractivity contribution in [3.05, 3.63) is 0 Å². The predicted octanol–water partition coefficient (Wildman–Crippen LogP) is 2.52. The van der Waals surface area contributed by atoms with Crippen LogP contribution in [0.4, 0.5) is 0 Å². The van der Waals surface area contributed by atoms with Gasteiger partial charge in [-0.1, -0.05) is 27.2 Å². The van der Waals surface area contributed by atoms with E-state index in [9.17, 15) is 5.11 Å². The van der Waals surface area contributed by atoms with E-state index in [-0.39, 0.29) is 5.41 Å². The average Bonchev–Trinajstić information content (AvgIpc) is 2.30. The van der Waals surface area contributed by atoms with Crippen LogP contribution in [0.15, 0.2) is 0 Å². The number of aliphatic hydroxyl groups is 1. The third kappa shape index (κ3) is 3.46. The van der Waals surface area contributed by atoms with Crippen LogP contribution in [0.2, 0.25) is 0 Å². The highest BCUT2D eigenvalue weighted by atomic mass is 16.3. The van der Waals surface area contributed by atoms with Gasteiger partial charge in [0.25, 0.3) is 0 Å². The van der Waals surface area contributed by atoms with Crippen LogP contribution >= 0.6 is 0 Å². The smallest absolute Gasteiger partial charge is 0.0488 e. The van der Waals surface area contributed by atoms with Crippen molar-refractivity contribution in [2.24, 2.45) is 11.3 Å². The molecule has 0 amide bonds. The van der Waals surface area contributed by atoms with E-state index < -0.39 is 0 Å². The summed E-state index contributed by atoms with van der Waals surface area (Å²) in [5.41, 5.74) is 0.242. The first-order chi connectivity index (χ1) is 7.15. The van der Waals surface area contributed by atoms with Crippen LogP contribution in [0, 0.1) is 11.3 Å². The highest BCUT2D eigenvalue weighted by molar-refractivity contribution is 4.84. The summed E-state index contributed by atoms with van der Waals surface area (Å²) < 4.78 is 0. The molecule has 1 unspecified atom stereocenters. The summed E-state index contributed by atoms with van der Waals surface area (Å²) in [7, 11) is 0. The number of piperidine rings is 1. The van der Waals surface area contributed by atoms with Crippen LogP contribution in [-0.4, -0.2) is 36.2 Å².